The smallest absolute Gasteiger partial charge is 0.303 e. The first kappa shape index (κ1) is 25.6. The van der Waals surface area contributed by atoms with Crippen LogP contribution < -0.4 is 4.74 Å². The van der Waals surface area contributed by atoms with E-state index in [1.54, 1.807) is 17.0 Å². The molecule has 7 nitrogen and oxygen atoms in total. The molecule has 2 aromatic carbocycles. The minimum atomic E-state index is -0.763. The third-order valence-electron chi connectivity index (χ3n) is 10.3. The van der Waals surface area contributed by atoms with Crippen molar-refractivity contribution >= 4 is 18.0 Å². The van der Waals surface area contributed by atoms with Crippen LogP contribution in [0.15, 0.2) is 42.5 Å². The molecule has 5 aliphatic rings. The molecular formula is C33H38N2O5. The first-order chi connectivity index (χ1) is 19.2. The number of aryl methyl sites for hydroxylation is 1. The lowest BCUT2D eigenvalue weighted by Crippen LogP contribution is -2.79. The lowest BCUT2D eigenvalue weighted by Gasteiger charge is -2.65. The summed E-state index contributed by atoms with van der Waals surface area (Å²) in [5, 5.41) is 11.0. The third-order valence-corrected chi connectivity index (χ3v) is 10.3. The molecule has 210 valence electrons. The van der Waals surface area contributed by atoms with Gasteiger partial charge in [0.05, 0.1) is 17.5 Å². The molecule has 1 N–H and O–H groups in total. The average Bonchev–Trinajstić information content (AvgIpc) is 3.67. The molecule has 2 aliphatic heterocycles. The Morgan fingerprint density at radius 3 is 2.77 bits per heavy atom. The fraction of sp³-hybridized carbons (Fsp3) is 0.515. The first-order valence-electron chi connectivity index (χ1n) is 14.7. The van der Waals surface area contributed by atoms with Crippen LogP contribution in [0.2, 0.25) is 0 Å². The second kappa shape index (κ2) is 9.10. The van der Waals surface area contributed by atoms with Crippen molar-refractivity contribution in [1.29, 1.82) is 0 Å². The molecule has 3 fully saturated rings. The number of piperidine rings is 1. The van der Waals surface area contributed by atoms with Gasteiger partial charge in [0.1, 0.15) is 11.7 Å². The monoisotopic (exact) mass is 542 g/mol. The molecule has 3 aliphatic carbocycles. The Labute approximate surface area is 235 Å². The standard InChI is InChI=1S/C33H38N2O5/c1-20-5-4-6-22(17-20)9-12-28(38)34(3)25-13-14-33(40-21(2)36)27-18-24-10-11-26(37)30-29(24)32(33,31(25)39-30)15-16-35(27)19-23-7-8-23/h4-6,9-12,17,23,25,27,31,37H,7-8,13-16,18-19H2,1-3H3/t25-,27-,31+,32+,33-/m1/s1. The Morgan fingerprint density at radius 2 is 2.02 bits per heavy atom. The predicted molar refractivity (Wildman–Crippen MR) is 151 cm³/mol. The Balaban J connectivity index is 1.29. The van der Waals surface area contributed by atoms with Gasteiger partial charge < -0.3 is 19.5 Å². The van der Waals surface area contributed by atoms with E-state index < -0.39 is 17.1 Å². The number of rotatable bonds is 6. The molecule has 1 spiro atoms. The van der Waals surface area contributed by atoms with Crippen LogP contribution in [-0.4, -0.2) is 70.7 Å². The number of esters is 1. The molecule has 2 bridgehead atoms. The minimum Gasteiger partial charge on any atom is -0.504 e. The zero-order valence-electron chi connectivity index (χ0n) is 23.6. The molecule has 7 rings (SSSR count). The summed E-state index contributed by atoms with van der Waals surface area (Å²) in [5.74, 6) is 0.973. The van der Waals surface area contributed by atoms with E-state index in [0.29, 0.717) is 18.6 Å². The van der Waals surface area contributed by atoms with Gasteiger partial charge in [-0.05, 0) is 81.2 Å². The van der Waals surface area contributed by atoms with Crippen LogP contribution in [0.4, 0.5) is 0 Å². The van der Waals surface area contributed by atoms with Gasteiger partial charge in [-0.3, -0.25) is 14.5 Å². The number of carbonyl (C=O) groups excluding carboxylic acids is 2. The second-order valence-electron chi connectivity index (χ2n) is 12.7. The molecule has 1 amide bonds. The SMILES string of the molecule is CC(=O)O[C@@]12CC[C@@H](N(C)C(=O)C=Cc3cccc(C)c3)[C@@H]3Oc4c(O)ccc5c4[C@@]31CCN(CC1CC1)[C@@H]2C5. The van der Waals surface area contributed by atoms with Crippen LogP contribution in [0.1, 0.15) is 61.3 Å². The highest BCUT2D eigenvalue weighted by Gasteiger charge is 2.75. The van der Waals surface area contributed by atoms with Crippen molar-refractivity contribution in [2.24, 2.45) is 5.92 Å². The van der Waals surface area contributed by atoms with Crippen molar-refractivity contribution in [1.82, 2.24) is 9.80 Å². The third kappa shape index (κ3) is 3.66. The number of amides is 1. The minimum absolute atomic E-state index is 0.0445. The van der Waals surface area contributed by atoms with Crippen molar-refractivity contribution in [3.63, 3.8) is 0 Å². The van der Waals surface area contributed by atoms with Crippen LogP contribution in [0, 0.1) is 12.8 Å². The van der Waals surface area contributed by atoms with Gasteiger partial charge in [-0.25, -0.2) is 0 Å². The molecular weight excluding hydrogens is 504 g/mol. The predicted octanol–water partition coefficient (Wildman–Crippen LogP) is 4.38. The van der Waals surface area contributed by atoms with Crippen LogP contribution in [0.3, 0.4) is 0 Å². The van der Waals surface area contributed by atoms with Gasteiger partial charge >= 0.3 is 5.97 Å². The number of benzene rings is 2. The maximum absolute atomic E-state index is 13.5. The van der Waals surface area contributed by atoms with E-state index in [2.05, 4.69) is 11.0 Å². The lowest BCUT2D eigenvalue weighted by molar-refractivity contribution is -0.223. The number of hydrogen-bond donors (Lipinski definition) is 1. The fourth-order valence-electron chi connectivity index (χ4n) is 8.51. The number of phenols is 1. The van der Waals surface area contributed by atoms with Gasteiger partial charge in [-0.1, -0.05) is 35.9 Å². The van der Waals surface area contributed by atoms with E-state index in [-0.39, 0.29) is 29.7 Å². The van der Waals surface area contributed by atoms with E-state index in [1.165, 1.54) is 19.8 Å². The van der Waals surface area contributed by atoms with Crippen molar-refractivity contribution < 1.29 is 24.2 Å². The summed E-state index contributed by atoms with van der Waals surface area (Å²) in [5.41, 5.74) is 2.90. The summed E-state index contributed by atoms with van der Waals surface area (Å²) in [4.78, 5) is 30.7. The summed E-state index contributed by atoms with van der Waals surface area (Å²) < 4.78 is 13.2. The van der Waals surface area contributed by atoms with Crippen LogP contribution in [0.25, 0.3) is 6.08 Å². The van der Waals surface area contributed by atoms with Gasteiger partial charge in [0.2, 0.25) is 5.91 Å². The summed E-state index contributed by atoms with van der Waals surface area (Å²) in [6, 6.07) is 11.6. The Morgan fingerprint density at radius 1 is 1.20 bits per heavy atom. The molecule has 5 atom stereocenters. The Bertz CT molecular complexity index is 1420. The first-order valence-corrected chi connectivity index (χ1v) is 14.7. The van der Waals surface area contributed by atoms with Gasteiger partial charge in [-0.2, -0.15) is 0 Å². The zero-order chi connectivity index (χ0) is 27.8. The summed E-state index contributed by atoms with van der Waals surface area (Å²) in [6.45, 7) is 5.46. The second-order valence-corrected chi connectivity index (χ2v) is 12.7. The lowest BCUT2D eigenvalue weighted by atomic mass is 9.48. The van der Waals surface area contributed by atoms with Crippen molar-refractivity contribution in [2.75, 3.05) is 20.1 Å². The normalized spacial score (nSPS) is 31.9. The molecule has 2 heterocycles. The Hall–Kier alpha value is -3.32. The maximum Gasteiger partial charge on any atom is 0.303 e. The van der Waals surface area contributed by atoms with E-state index in [9.17, 15) is 14.7 Å². The summed E-state index contributed by atoms with van der Waals surface area (Å²) in [6.07, 6.45) is 8.42. The maximum atomic E-state index is 13.5. The summed E-state index contributed by atoms with van der Waals surface area (Å²) >= 11 is 0. The van der Waals surface area contributed by atoms with E-state index in [0.717, 1.165) is 54.1 Å². The van der Waals surface area contributed by atoms with Crippen molar-refractivity contribution in [3.05, 3.63) is 64.7 Å². The van der Waals surface area contributed by atoms with Crippen LogP contribution in [0.5, 0.6) is 11.5 Å². The van der Waals surface area contributed by atoms with E-state index in [1.807, 2.05) is 44.3 Å². The number of carbonyl (C=O) groups is 2. The van der Waals surface area contributed by atoms with Crippen molar-refractivity contribution in [2.45, 2.75) is 81.6 Å². The van der Waals surface area contributed by atoms with Gasteiger partial charge in [0, 0.05) is 32.2 Å². The average molecular weight is 543 g/mol. The number of nitrogens with zero attached hydrogens (tertiary/aromatic N) is 2. The number of aromatic hydroxyl groups is 1. The van der Waals surface area contributed by atoms with Gasteiger partial charge in [0.25, 0.3) is 0 Å². The van der Waals surface area contributed by atoms with Crippen molar-refractivity contribution in [3.8, 4) is 11.5 Å². The van der Waals surface area contributed by atoms with Gasteiger partial charge in [-0.15, -0.1) is 0 Å². The van der Waals surface area contributed by atoms with Crippen LogP contribution in [-0.2, 0) is 26.2 Å². The van der Waals surface area contributed by atoms with E-state index >= 15 is 0 Å². The van der Waals surface area contributed by atoms with Crippen LogP contribution >= 0.6 is 0 Å². The van der Waals surface area contributed by atoms with Gasteiger partial charge in [0.15, 0.2) is 11.5 Å². The molecule has 2 saturated carbocycles. The molecule has 0 aromatic heterocycles. The number of likely N-dealkylation sites (tertiary alicyclic amines) is 1. The molecule has 0 unspecified atom stereocenters. The quantitative estimate of drug-likeness (QED) is 0.431. The molecule has 0 radical (unpaired) electrons. The highest BCUT2D eigenvalue weighted by Crippen LogP contribution is 2.67. The van der Waals surface area contributed by atoms with E-state index in [4.69, 9.17) is 9.47 Å². The highest BCUT2D eigenvalue weighted by molar-refractivity contribution is 5.92. The highest BCUT2D eigenvalue weighted by atomic mass is 16.6. The largest absolute Gasteiger partial charge is 0.504 e. The topological polar surface area (TPSA) is 79.3 Å². The zero-order valence-corrected chi connectivity index (χ0v) is 23.6. The number of ether oxygens (including phenoxy) is 2. The fourth-order valence-corrected chi connectivity index (χ4v) is 8.51. The summed E-state index contributed by atoms with van der Waals surface area (Å²) in [7, 11) is 1.85. The number of likely N-dealkylation sites (N-methyl/N-ethyl adjacent to an activating group) is 1. The molecule has 1 saturated heterocycles. The molecule has 2 aromatic rings. The Kier molecular flexibility index (Phi) is 5.83. The molecule has 7 heteroatoms. The number of hydrogen-bond acceptors (Lipinski definition) is 6. The number of phenolic OH excluding ortho intramolecular Hbond substituents is 1. The molecule has 40 heavy (non-hydrogen) atoms.